The van der Waals surface area contributed by atoms with Gasteiger partial charge in [-0.05, 0) is 68.0 Å². The topological polar surface area (TPSA) is 69.5 Å². The van der Waals surface area contributed by atoms with Crippen molar-refractivity contribution in [2.24, 2.45) is 7.05 Å². The monoisotopic (exact) mass is 506 g/mol. The van der Waals surface area contributed by atoms with Gasteiger partial charge in [-0.15, -0.1) is 0 Å². The molecule has 1 amide bonds. The SMILES string of the molecule is Cc1c(C(=O)NC2CCC(O)CC2)c(-c2cccc(N3CCNCC3)c2)c(-c2ccc(Cl)cc2)n1C. The van der Waals surface area contributed by atoms with Gasteiger partial charge in [0.05, 0.1) is 17.4 Å². The van der Waals surface area contributed by atoms with Gasteiger partial charge in [0.1, 0.15) is 0 Å². The van der Waals surface area contributed by atoms with Crippen molar-refractivity contribution in [3.05, 3.63) is 64.8 Å². The first-order valence-corrected chi connectivity index (χ1v) is 13.3. The third-order valence-corrected chi connectivity index (χ3v) is 7.93. The van der Waals surface area contributed by atoms with Gasteiger partial charge in [-0.3, -0.25) is 4.79 Å². The van der Waals surface area contributed by atoms with Crippen molar-refractivity contribution in [2.45, 2.75) is 44.8 Å². The van der Waals surface area contributed by atoms with E-state index in [4.69, 9.17) is 11.6 Å². The van der Waals surface area contributed by atoms with Crippen molar-refractivity contribution in [1.82, 2.24) is 15.2 Å². The highest BCUT2D eigenvalue weighted by molar-refractivity contribution is 6.30. The van der Waals surface area contributed by atoms with E-state index in [1.807, 2.05) is 38.2 Å². The van der Waals surface area contributed by atoms with Crippen LogP contribution in [0.25, 0.3) is 22.4 Å². The Hall–Kier alpha value is -2.80. The summed E-state index contributed by atoms with van der Waals surface area (Å²) in [6.45, 7) is 5.87. The maximum atomic E-state index is 13.8. The Labute approximate surface area is 218 Å². The van der Waals surface area contributed by atoms with E-state index in [9.17, 15) is 9.90 Å². The second-order valence-corrected chi connectivity index (χ2v) is 10.5. The molecule has 190 valence electrons. The van der Waals surface area contributed by atoms with Crippen LogP contribution in [-0.2, 0) is 7.05 Å². The van der Waals surface area contributed by atoms with E-state index in [0.717, 1.165) is 79.9 Å². The number of rotatable bonds is 5. The Balaban J connectivity index is 1.60. The van der Waals surface area contributed by atoms with E-state index < -0.39 is 0 Å². The molecule has 0 bridgehead atoms. The second-order valence-electron chi connectivity index (χ2n) is 10.0. The van der Waals surface area contributed by atoms with Crippen molar-refractivity contribution in [1.29, 1.82) is 0 Å². The van der Waals surface area contributed by atoms with E-state index >= 15 is 0 Å². The number of hydrogen-bond donors (Lipinski definition) is 3. The van der Waals surface area contributed by atoms with Gasteiger partial charge in [0.2, 0.25) is 0 Å². The zero-order valence-corrected chi connectivity index (χ0v) is 21.8. The molecule has 0 atom stereocenters. The fourth-order valence-electron chi connectivity index (χ4n) is 5.57. The maximum Gasteiger partial charge on any atom is 0.253 e. The Morgan fingerprint density at radius 1 is 1.03 bits per heavy atom. The summed E-state index contributed by atoms with van der Waals surface area (Å²) < 4.78 is 2.12. The summed E-state index contributed by atoms with van der Waals surface area (Å²) in [6, 6.07) is 16.5. The third kappa shape index (κ3) is 5.03. The van der Waals surface area contributed by atoms with E-state index in [0.29, 0.717) is 10.6 Å². The van der Waals surface area contributed by atoms with Crippen molar-refractivity contribution < 1.29 is 9.90 Å². The molecule has 1 aliphatic heterocycles. The molecule has 36 heavy (non-hydrogen) atoms. The van der Waals surface area contributed by atoms with Crippen molar-refractivity contribution in [2.75, 3.05) is 31.1 Å². The van der Waals surface area contributed by atoms with Crippen LogP contribution >= 0.6 is 11.6 Å². The lowest BCUT2D eigenvalue weighted by Gasteiger charge is -2.30. The van der Waals surface area contributed by atoms with Gasteiger partial charge in [0.25, 0.3) is 5.91 Å². The number of amides is 1. The normalized spacial score (nSPS) is 20.4. The predicted molar refractivity (Wildman–Crippen MR) is 147 cm³/mol. The number of aliphatic hydroxyl groups excluding tert-OH is 1. The zero-order chi connectivity index (χ0) is 25.2. The first kappa shape index (κ1) is 24.9. The number of aromatic nitrogens is 1. The highest BCUT2D eigenvalue weighted by atomic mass is 35.5. The molecule has 6 nitrogen and oxygen atoms in total. The lowest BCUT2D eigenvalue weighted by molar-refractivity contribution is 0.0867. The third-order valence-electron chi connectivity index (χ3n) is 7.68. The van der Waals surface area contributed by atoms with Gasteiger partial charge in [-0.1, -0.05) is 35.9 Å². The van der Waals surface area contributed by atoms with Crippen LogP contribution < -0.4 is 15.5 Å². The van der Waals surface area contributed by atoms with Crippen LogP contribution in [0.3, 0.4) is 0 Å². The first-order chi connectivity index (χ1) is 17.4. The summed E-state index contributed by atoms with van der Waals surface area (Å²) in [4.78, 5) is 16.2. The average molecular weight is 507 g/mol. The lowest BCUT2D eigenvalue weighted by atomic mass is 9.92. The number of benzene rings is 2. The van der Waals surface area contributed by atoms with Gasteiger partial charge < -0.3 is 25.2 Å². The number of nitrogens with zero attached hydrogens (tertiary/aromatic N) is 2. The molecule has 1 aliphatic carbocycles. The Bertz CT molecular complexity index is 1220. The van der Waals surface area contributed by atoms with Crippen LogP contribution in [0.15, 0.2) is 48.5 Å². The van der Waals surface area contributed by atoms with Crippen LogP contribution in [0.2, 0.25) is 5.02 Å². The molecule has 0 unspecified atom stereocenters. The summed E-state index contributed by atoms with van der Waals surface area (Å²) in [6.07, 6.45) is 2.81. The molecule has 1 aromatic heterocycles. The Morgan fingerprint density at radius 3 is 2.42 bits per heavy atom. The molecular formula is C29H35ClN4O2. The molecule has 3 aromatic rings. The molecule has 3 N–H and O–H groups in total. The Morgan fingerprint density at radius 2 is 1.72 bits per heavy atom. The minimum Gasteiger partial charge on any atom is -0.393 e. The van der Waals surface area contributed by atoms with E-state index in [1.165, 1.54) is 5.69 Å². The van der Waals surface area contributed by atoms with Crippen LogP contribution in [0.5, 0.6) is 0 Å². The lowest BCUT2D eigenvalue weighted by Crippen LogP contribution is -2.43. The summed E-state index contributed by atoms with van der Waals surface area (Å²) in [5.41, 5.74) is 6.82. The van der Waals surface area contributed by atoms with Crippen LogP contribution in [0.1, 0.15) is 41.7 Å². The molecule has 1 saturated carbocycles. The van der Waals surface area contributed by atoms with Crippen molar-refractivity contribution in [3.63, 3.8) is 0 Å². The average Bonchev–Trinajstić information content (AvgIpc) is 3.17. The molecule has 7 heteroatoms. The summed E-state index contributed by atoms with van der Waals surface area (Å²) in [5.74, 6) is -0.0488. The van der Waals surface area contributed by atoms with E-state index in [1.54, 1.807) is 0 Å². The number of anilines is 1. The van der Waals surface area contributed by atoms with Gasteiger partial charge in [-0.25, -0.2) is 0 Å². The van der Waals surface area contributed by atoms with E-state index in [-0.39, 0.29) is 18.1 Å². The summed E-state index contributed by atoms with van der Waals surface area (Å²) in [7, 11) is 2.02. The number of carbonyl (C=O) groups is 1. The molecule has 2 aliphatic rings. The highest BCUT2D eigenvalue weighted by Gasteiger charge is 2.29. The van der Waals surface area contributed by atoms with Gasteiger partial charge >= 0.3 is 0 Å². The van der Waals surface area contributed by atoms with Gasteiger partial charge in [0.15, 0.2) is 0 Å². The summed E-state index contributed by atoms with van der Waals surface area (Å²) >= 11 is 6.21. The standard InChI is InChI=1S/C29H35ClN4O2/c1-19-26(29(36)32-23-10-12-25(35)13-11-23)27(28(33(19)2)20-6-8-22(30)9-7-20)21-4-3-5-24(18-21)34-16-14-31-15-17-34/h3-9,18,23,25,31,35H,10-17H2,1-2H3,(H,32,36). The minimum atomic E-state index is -0.253. The van der Waals surface area contributed by atoms with Crippen LogP contribution in [-0.4, -0.2) is 53.9 Å². The largest absolute Gasteiger partial charge is 0.393 e. The molecule has 2 fully saturated rings. The first-order valence-electron chi connectivity index (χ1n) is 12.9. The highest BCUT2D eigenvalue weighted by Crippen LogP contribution is 2.40. The molecule has 2 aromatic carbocycles. The van der Waals surface area contributed by atoms with E-state index in [2.05, 4.69) is 44.4 Å². The number of aliphatic hydroxyl groups is 1. The predicted octanol–water partition coefficient (Wildman–Crippen LogP) is 4.76. The number of hydrogen-bond acceptors (Lipinski definition) is 4. The van der Waals surface area contributed by atoms with Gasteiger partial charge in [0, 0.05) is 61.2 Å². The number of piperazine rings is 1. The van der Waals surface area contributed by atoms with Crippen LogP contribution in [0.4, 0.5) is 5.69 Å². The number of halogens is 1. The molecular weight excluding hydrogens is 472 g/mol. The number of nitrogens with one attached hydrogen (secondary N) is 2. The van der Waals surface area contributed by atoms with Crippen molar-refractivity contribution >= 4 is 23.2 Å². The van der Waals surface area contributed by atoms with Crippen LogP contribution in [0, 0.1) is 6.92 Å². The smallest absolute Gasteiger partial charge is 0.253 e. The fraction of sp³-hybridized carbons (Fsp3) is 0.414. The van der Waals surface area contributed by atoms with Gasteiger partial charge in [-0.2, -0.15) is 0 Å². The molecule has 0 spiro atoms. The number of carbonyl (C=O) groups excluding carboxylic acids is 1. The molecule has 0 radical (unpaired) electrons. The van der Waals surface area contributed by atoms with Crippen molar-refractivity contribution in [3.8, 4) is 22.4 Å². The molecule has 1 saturated heterocycles. The zero-order valence-electron chi connectivity index (χ0n) is 21.1. The molecule has 2 heterocycles. The Kier molecular flexibility index (Phi) is 7.37. The fourth-order valence-corrected chi connectivity index (χ4v) is 5.69. The summed E-state index contributed by atoms with van der Waals surface area (Å²) in [5, 5.41) is 17.3. The minimum absolute atomic E-state index is 0.0488. The molecule has 5 rings (SSSR count). The maximum absolute atomic E-state index is 13.8. The second kappa shape index (κ2) is 10.7. The quantitative estimate of drug-likeness (QED) is 0.466.